The van der Waals surface area contributed by atoms with Crippen LogP contribution in [-0.2, 0) is 0 Å². The summed E-state index contributed by atoms with van der Waals surface area (Å²) in [6, 6.07) is 10.1. The van der Waals surface area contributed by atoms with Gasteiger partial charge >= 0.3 is 0 Å². The van der Waals surface area contributed by atoms with E-state index in [0.717, 1.165) is 11.1 Å². The largest absolute Gasteiger partial charge is 0.402 e. The molecule has 0 spiro atoms. The summed E-state index contributed by atoms with van der Waals surface area (Å²) < 4.78 is 0. The molecule has 2 unspecified atom stereocenters. The van der Waals surface area contributed by atoms with Gasteiger partial charge in [-0.2, -0.15) is 5.26 Å². The number of benzene rings is 1. The van der Waals surface area contributed by atoms with Crippen LogP contribution in [0.25, 0.3) is 0 Å². The molecule has 0 bridgehead atoms. The predicted molar refractivity (Wildman–Crippen MR) is 79.2 cm³/mol. The molecule has 2 atom stereocenters. The molecule has 3 heteroatoms. The molecule has 0 aliphatic carbocycles. The first-order chi connectivity index (χ1) is 8.93. The maximum absolute atomic E-state index is 9.10. The van der Waals surface area contributed by atoms with Gasteiger partial charge in [0.15, 0.2) is 0 Å². The minimum Gasteiger partial charge on any atom is -0.402 e. The summed E-state index contributed by atoms with van der Waals surface area (Å²) in [6.45, 7) is 7.73. The zero-order valence-corrected chi connectivity index (χ0v) is 11.6. The van der Waals surface area contributed by atoms with Crippen molar-refractivity contribution in [3.63, 3.8) is 0 Å². The number of allylic oxidation sites excluding steroid dienone is 2. The summed E-state index contributed by atoms with van der Waals surface area (Å²) in [5, 5.41) is 9.10. The van der Waals surface area contributed by atoms with E-state index in [1.165, 1.54) is 0 Å². The molecule has 0 saturated carbocycles. The Hall–Kier alpha value is -2.05. The third-order valence-corrected chi connectivity index (χ3v) is 2.93. The number of aryl methyl sites for hydroxylation is 1. The van der Waals surface area contributed by atoms with Crippen molar-refractivity contribution in [2.45, 2.75) is 32.2 Å². The maximum Gasteiger partial charge on any atom is 0.0947 e. The van der Waals surface area contributed by atoms with Gasteiger partial charge in [-0.05, 0) is 31.9 Å². The monoisotopic (exact) mass is 255 g/mol. The quantitative estimate of drug-likeness (QED) is 0.794. The van der Waals surface area contributed by atoms with E-state index in [-0.39, 0.29) is 12.0 Å². The Bertz CT molecular complexity index is 521. The number of nitrogens with two attached hydrogens (primary N) is 2. The zero-order chi connectivity index (χ0) is 14.4. The molecule has 3 nitrogen and oxygen atoms in total. The number of hydrogen-bond acceptors (Lipinski definition) is 3. The van der Waals surface area contributed by atoms with Crippen LogP contribution < -0.4 is 11.5 Å². The zero-order valence-electron chi connectivity index (χ0n) is 11.6. The van der Waals surface area contributed by atoms with E-state index in [2.05, 4.69) is 18.7 Å². The summed E-state index contributed by atoms with van der Waals surface area (Å²) >= 11 is 0. The topological polar surface area (TPSA) is 75.8 Å². The van der Waals surface area contributed by atoms with E-state index in [4.69, 9.17) is 16.7 Å². The fourth-order valence-corrected chi connectivity index (χ4v) is 2.05. The van der Waals surface area contributed by atoms with Gasteiger partial charge in [-0.3, -0.25) is 0 Å². The van der Waals surface area contributed by atoms with Gasteiger partial charge in [0.05, 0.1) is 6.07 Å². The summed E-state index contributed by atoms with van der Waals surface area (Å²) in [6.07, 6.45) is 2.38. The van der Waals surface area contributed by atoms with Crippen LogP contribution in [0, 0.1) is 18.3 Å². The van der Waals surface area contributed by atoms with Crippen LogP contribution in [0.1, 0.15) is 30.4 Å². The summed E-state index contributed by atoms with van der Waals surface area (Å²) in [4.78, 5) is 0. The first-order valence-electron chi connectivity index (χ1n) is 6.31. The molecule has 0 aliphatic rings. The van der Waals surface area contributed by atoms with Crippen molar-refractivity contribution in [3.8, 4) is 6.07 Å². The fourth-order valence-electron chi connectivity index (χ4n) is 2.05. The molecular weight excluding hydrogens is 234 g/mol. The summed E-state index contributed by atoms with van der Waals surface area (Å²) in [5.41, 5.74) is 15.1. The first kappa shape index (κ1) is 15.0. The van der Waals surface area contributed by atoms with Crippen LogP contribution in [0.15, 0.2) is 48.2 Å². The highest BCUT2D eigenvalue weighted by atomic mass is 14.6. The number of rotatable bonds is 5. The Balaban J connectivity index is 3.04. The van der Waals surface area contributed by atoms with E-state index in [1.54, 1.807) is 0 Å². The van der Waals surface area contributed by atoms with Gasteiger partial charge < -0.3 is 11.5 Å². The highest BCUT2D eigenvalue weighted by Crippen LogP contribution is 2.29. The highest BCUT2D eigenvalue weighted by Gasteiger charge is 2.16. The first-order valence-corrected chi connectivity index (χ1v) is 6.31. The Morgan fingerprint density at radius 2 is 2.21 bits per heavy atom. The van der Waals surface area contributed by atoms with Gasteiger partial charge in [-0.1, -0.05) is 36.4 Å². The van der Waals surface area contributed by atoms with Gasteiger partial charge in [0.1, 0.15) is 0 Å². The average Bonchev–Trinajstić information content (AvgIpc) is 2.34. The van der Waals surface area contributed by atoms with Crippen molar-refractivity contribution >= 4 is 0 Å². The third-order valence-electron chi connectivity index (χ3n) is 2.93. The van der Waals surface area contributed by atoms with E-state index in [0.29, 0.717) is 17.7 Å². The van der Waals surface area contributed by atoms with E-state index < -0.39 is 0 Å². The lowest BCUT2D eigenvalue weighted by Crippen LogP contribution is -2.16. The Kier molecular flexibility index (Phi) is 5.35. The standard InChI is InChI=1S/C16H21N3/c1-11-5-4-6-14(7-11)16(12(2)10-17)9-15(19)8-13(3)18/h4-8,13,16H,2,9,18-19H2,1,3H3/b15-8-. The van der Waals surface area contributed by atoms with Gasteiger partial charge in [0, 0.05) is 23.2 Å². The summed E-state index contributed by atoms with van der Waals surface area (Å²) in [5.74, 6) is -0.0834. The highest BCUT2D eigenvalue weighted by molar-refractivity contribution is 5.37. The molecule has 0 saturated heterocycles. The van der Waals surface area contributed by atoms with Crippen molar-refractivity contribution in [2.24, 2.45) is 11.5 Å². The second-order valence-corrected chi connectivity index (χ2v) is 4.91. The smallest absolute Gasteiger partial charge is 0.0947 e. The molecule has 0 fully saturated rings. The number of nitriles is 1. The fraction of sp³-hybridized carbons (Fsp3) is 0.312. The molecule has 1 rings (SSSR count). The molecule has 0 aromatic heterocycles. The lowest BCUT2D eigenvalue weighted by molar-refractivity contribution is 0.776. The van der Waals surface area contributed by atoms with Crippen molar-refractivity contribution in [3.05, 3.63) is 59.3 Å². The van der Waals surface area contributed by atoms with Crippen LogP contribution in [0.4, 0.5) is 0 Å². The Morgan fingerprint density at radius 3 is 2.74 bits per heavy atom. The molecule has 0 radical (unpaired) electrons. The van der Waals surface area contributed by atoms with Crippen molar-refractivity contribution in [1.82, 2.24) is 0 Å². The lowest BCUT2D eigenvalue weighted by atomic mass is 9.87. The SMILES string of the molecule is C=C(C#N)C(C/C(N)=C/C(C)N)c1cccc(C)c1. The van der Waals surface area contributed by atoms with Crippen LogP contribution in [0.5, 0.6) is 0 Å². The average molecular weight is 255 g/mol. The molecule has 0 aliphatic heterocycles. The number of nitrogens with zero attached hydrogens (tertiary/aromatic N) is 1. The minimum absolute atomic E-state index is 0.0834. The summed E-state index contributed by atoms with van der Waals surface area (Å²) in [7, 11) is 0. The van der Waals surface area contributed by atoms with E-state index >= 15 is 0 Å². The van der Waals surface area contributed by atoms with Crippen LogP contribution in [-0.4, -0.2) is 6.04 Å². The minimum atomic E-state index is -0.0893. The van der Waals surface area contributed by atoms with Crippen LogP contribution >= 0.6 is 0 Å². The molecular formula is C16H21N3. The number of hydrogen-bond donors (Lipinski definition) is 2. The third kappa shape index (κ3) is 4.61. The maximum atomic E-state index is 9.10. The van der Waals surface area contributed by atoms with Crippen LogP contribution in [0.2, 0.25) is 0 Å². The van der Waals surface area contributed by atoms with E-state index in [9.17, 15) is 0 Å². The second kappa shape index (κ2) is 6.77. The molecule has 100 valence electrons. The van der Waals surface area contributed by atoms with Crippen LogP contribution in [0.3, 0.4) is 0 Å². The lowest BCUT2D eigenvalue weighted by Gasteiger charge is -2.17. The molecule has 19 heavy (non-hydrogen) atoms. The molecule has 1 aromatic rings. The van der Waals surface area contributed by atoms with Crippen molar-refractivity contribution < 1.29 is 0 Å². The molecule has 4 N–H and O–H groups in total. The van der Waals surface area contributed by atoms with Gasteiger partial charge in [0.25, 0.3) is 0 Å². The molecule has 0 heterocycles. The Morgan fingerprint density at radius 1 is 1.53 bits per heavy atom. The van der Waals surface area contributed by atoms with Crippen molar-refractivity contribution in [2.75, 3.05) is 0 Å². The predicted octanol–water partition coefficient (Wildman–Crippen LogP) is 2.74. The van der Waals surface area contributed by atoms with Gasteiger partial charge in [-0.15, -0.1) is 0 Å². The van der Waals surface area contributed by atoms with E-state index in [1.807, 2.05) is 38.1 Å². The Labute approximate surface area is 115 Å². The molecule has 0 amide bonds. The molecule has 1 aromatic carbocycles. The normalized spacial score (nSPS) is 14.5. The van der Waals surface area contributed by atoms with Gasteiger partial charge in [-0.25, -0.2) is 0 Å². The second-order valence-electron chi connectivity index (χ2n) is 4.91. The van der Waals surface area contributed by atoms with Crippen molar-refractivity contribution in [1.29, 1.82) is 5.26 Å². The van der Waals surface area contributed by atoms with Gasteiger partial charge in [0.2, 0.25) is 0 Å².